The Morgan fingerprint density at radius 1 is 1.06 bits per heavy atom. The van der Waals surface area contributed by atoms with Gasteiger partial charge in [-0.05, 0) is 31.7 Å². The van der Waals surface area contributed by atoms with E-state index in [2.05, 4.69) is 30.6 Å². The zero-order chi connectivity index (χ0) is 12.8. The van der Waals surface area contributed by atoms with Crippen molar-refractivity contribution in [2.24, 2.45) is 5.92 Å². The summed E-state index contributed by atoms with van der Waals surface area (Å²) in [5, 5.41) is 0. The van der Waals surface area contributed by atoms with Gasteiger partial charge in [-0.1, -0.05) is 34.6 Å². The van der Waals surface area contributed by atoms with Crippen molar-refractivity contribution in [2.75, 3.05) is 26.2 Å². The van der Waals surface area contributed by atoms with Crippen LogP contribution in [0.25, 0.3) is 0 Å². The van der Waals surface area contributed by atoms with Gasteiger partial charge in [0.2, 0.25) is 0 Å². The first-order valence-electron chi connectivity index (χ1n) is 7.68. The summed E-state index contributed by atoms with van der Waals surface area (Å²) < 4.78 is 0. The molecule has 0 spiro atoms. The molecule has 0 amide bonds. The molecule has 0 radical (unpaired) electrons. The first-order chi connectivity index (χ1) is 8.20. The minimum absolute atomic E-state index is 0.821. The molecule has 2 nitrogen and oxygen atoms in total. The summed E-state index contributed by atoms with van der Waals surface area (Å²) in [6, 6.07) is 1.75. The SMILES string of the molecule is CC.CCCN1[C@@H]2CC[C@H]1CN(CC(C)C)C2. The van der Waals surface area contributed by atoms with E-state index in [0.717, 1.165) is 18.0 Å². The molecule has 102 valence electrons. The fraction of sp³-hybridized carbons (Fsp3) is 1.00. The van der Waals surface area contributed by atoms with E-state index in [0.29, 0.717) is 0 Å². The Morgan fingerprint density at radius 2 is 1.59 bits per heavy atom. The van der Waals surface area contributed by atoms with E-state index < -0.39 is 0 Å². The van der Waals surface area contributed by atoms with Crippen molar-refractivity contribution in [3.8, 4) is 0 Å². The Hall–Kier alpha value is -0.0800. The lowest BCUT2D eigenvalue weighted by molar-refractivity contribution is 0.0606. The number of rotatable bonds is 4. The quantitative estimate of drug-likeness (QED) is 0.744. The van der Waals surface area contributed by atoms with Crippen LogP contribution < -0.4 is 0 Å². The van der Waals surface area contributed by atoms with Crippen LogP contribution >= 0.6 is 0 Å². The van der Waals surface area contributed by atoms with Gasteiger partial charge in [-0.3, -0.25) is 9.80 Å². The highest BCUT2D eigenvalue weighted by Crippen LogP contribution is 2.30. The first kappa shape index (κ1) is 15.0. The molecule has 0 aromatic rings. The molecule has 2 atom stereocenters. The summed E-state index contributed by atoms with van der Waals surface area (Å²) in [7, 11) is 0. The summed E-state index contributed by atoms with van der Waals surface area (Å²) in [5.41, 5.74) is 0. The van der Waals surface area contributed by atoms with Gasteiger partial charge >= 0.3 is 0 Å². The van der Waals surface area contributed by atoms with Crippen LogP contribution in [0.15, 0.2) is 0 Å². The Labute approximate surface area is 108 Å². The van der Waals surface area contributed by atoms with E-state index in [9.17, 15) is 0 Å². The highest BCUT2D eigenvalue weighted by Gasteiger charge is 2.38. The largest absolute Gasteiger partial charge is 0.300 e. The van der Waals surface area contributed by atoms with E-state index in [1.807, 2.05) is 13.8 Å². The van der Waals surface area contributed by atoms with Gasteiger partial charge in [0.1, 0.15) is 0 Å². The van der Waals surface area contributed by atoms with E-state index >= 15 is 0 Å². The molecule has 2 bridgehead atoms. The molecule has 0 aliphatic carbocycles. The summed E-state index contributed by atoms with van der Waals surface area (Å²) in [4.78, 5) is 5.47. The Kier molecular flexibility index (Phi) is 6.50. The van der Waals surface area contributed by atoms with Gasteiger partial charge in [0, 0.05) is 31.7 Å². The lowest BCUT2D eigenvalue weighted by Crippen LogP contribution is -2.54. The van der Waals surface area contributed by atoms with Gasteiger partial charge in [-0.2, -0.15) is 0 Å². The Bertz CT molecular complexity index is 189. The second kappa shape index (κ2) is 7.38. The maximum absolute atomic E-state index is 2.77. The lowest BCUT2D eigenvalue weighted by Gasteiger charge is -2.41. The molecule has 0 aromatic heterocycles. The van der Waals surface area contributed by atoms with Gasteiger partial charge in [0.05, 0.1) is 0 Å². The molecule has 2 heterocycles. The third-order valence-electron chi connectivity index (χ3n) is 3.81. The Balaban J connectivity index is 0.000000686. The van der Waals surface area contributed by atoms with Crippen LogP contribution in [-0.4, -0.2) is 48.1 Å². The van der Waals surface area contributed by atoms with Gasteiger partial charge in [0.15, 0.2) is 0 Å². The molecule has 2 rings (SSSR count). The van der Waals surface area contributed by atoms with Crippen molar-refractivity contribution in [3.05, 3.63) is 0 Å². The second-order valence-corrected chi connectivity index (χ2v) is 5.74. The summed E-state index contributed by atoms with van der Waals surface area (Å²) in [6.45, 7) is 16.3. The molecular weight excluding hydrogens is 208 g/mol. The minimum atomic E-state index is 0.821. The van der Waals surface area contributed by atoms with Crippen molar-refractivity contribution in [3.63, 3.8) is 0 Å². The molecule has 2 heteroatoms. The first-order valence-corrected chi connectivity index (χ1v) is 7.68. The number of fused-ring (bicyclic) bond motifs is 2. The van der Waals surface area contributed by atoms with Crippen molar-refractivity contribution in [1.82, 2.24) is 9.80 Å². The minimum Gasteiger partial charge on any atom is -0.300 e. The van der Waals surface area contributed by atoms with Crippen LogP contribution in [0.4, 0.5) is 0 Å². The average Bonchev–Trinajstić information content (AvgIpc) is 2.55. The van der Waals surface area contributed by atoms with Crippen molar-refractivity contribution in [1.29, 1.82) is 0 Å². The monoisotopic (exact) mass is 240 g/mol. The van der Waals surface area contributed by atoms with E-state index in [1.54, 1.807) is 0 Å². The number of hydrogen-bond acceptors (Lipinski definition) is 2. The number of piperazine rings is 1. The van der Waals surface area contributed by atoms with Gasteiger partial charge in [0.25, 0.3) is 0 Å². The molecular formula is C15H32N2. The van der Waals surface area contributed by atoms with Gasteiger partial charge in [-0.25, -0.2) is 0 Å². The third-order valence-corrected chi connectivity index (χ3v) is 3.81. The predicted molar refractivity (Wildman–Crippen MR) is 76.4 cm³/mol. The number of likely N-dealkylation sites (tertiary alicyclic amines) is 1. The molecule has 2 saturated heterocycles. The highest BCUT2D eigenvalue weighted by molar-refractivity contribution is 4.95. The molecule has 0 N–H and O–H groups in total. The second-order valence-electron chi connectivity index (χ2n) is 5.74. The fourth-order valence-corrected chi connectivity index (χ4v) is 3.37. The van der Waals surface area contributed by atoms with E-state index in [1.165, 1.54) is 45.4 Å². The van der Waals surface area contributed by atoms with Crippen molar-refractivity contribution >= 4 is 0 Å². The molecule has 2 fully saturated rings. The molecule has 0 aromatic carbocycles. The van der Waals surface area contributed by atoms with Crippen molar-refractivity contribution < 1.29 is 0 Å². The molecule has 2 aliphatic heterocycles. The molecule has 17 heavy (non-hydrogen) atoms. The maximum Gasteiger partial charge on any atom is 0.0227 e. The third kappa shape index (κ3) is 3.96. The van der Waals surface area contributed by atoms with Crippen LogP contribution in [0.2, 0.25) is 0 Å². The van der Waals surface area contributed by atoms with Crippen LogP contribution in [0.1, 0.15) is 53.9 Å². The van der Waals surface area contributed by atoms with E-state index in [-0.39, 0.29) is 0 Å². The zero-order valence-corrected chi connectivity index (χ0v) is 12.6. The lowest BCUT2D eigenvalue weighted by atomic mass is 10.1. The highest BCUT2D eigenvalue weighted by atomic mass is 15.3. The fourth-order valence-electron chi connectivity index (χ4n) is 3.37. The van der Waals surface area contributed by atoms with Crippen LogP contribution in [0.5, 0.6) is 0 Å². The van der Waals surface area contributed by atoms with E-state index in [4.69, 9.17) is 0 Å². The predicted octanol–water partition coefficient (Wildman–Crippen LogP) is 3.23. The zero-order valence-electron chi connectivity index (χ0n) is 12.6. The van der Waals surface area contributed by atoms with Crippen LogP contribution in [0.3, 0.4) is 0 Å². The number of nitrogens with zero attached hydrogens (tertiary/aromatic N) is 2. The Morgan fingerprint density at radius 3 is 2.00 bits per heavy atom. The van der Waals surface area contributed by atoms with Crippen molar-refractivity contribution in [2.45, 2.75) is 66.0 Å². The summed E-state index contributed by atoms with van der Waals surface area (Å²) >= 11 is 0. The average molecular weight is 240 g/mol. The van der Waals surface area contributed by atoms with Gasteiger partial charge in [-0.15, -0.1) is 0 Å². The number of hydrogen-bond donors (Lipinski definition) is 0. The normalized spacial score (nSPS) is 29.3. The van der Waals surface area contributed by atoms with Crippen LogP contribution in [-0.2, 0) is 0 Å². The summed E-state index contributed by atoms with van der Waals surface area (Å²) in [5.74, 6) is 0.821. The molecule has 0 saturated carbocycles. The molecule has 0 unspecified atom stereocenters. The summed E-state index contributed by atoms with van der Waals surface area (Å²) in [6.07, 6.45) is 4.20. The van der Waals surface area contributed by atoms with Crippen LogP contribution in [0, 0.1) is 5.92 Å². The topological polar surface area (TPSA) is 6.48 Å². The standard InChI is InChI=1S/C13H26N2.C2H6/c1-4-7-15-12-5-6-13(15)10-14(9-12)8-11(2)3;1-2/h11-13H,4-10H2,1-3H3;1-2H3/t12-,13+;. The van der Waals surface area contributed by atoms with Gasteiger partial charge < -0.3 is 0 Å². The smallest absolute Gasteiger partial charge is 0.0227 e. The maximum atomic E-state index is 2.77. The molecule has 2 aliphatic rings.